The second-order valence-electron chi connectivity index (χ2n) is 2.64. The number of nitrogens with two attached hydrogens (primary N) is 2. The zero-order chi connectivity index (χ0) is 9.84. The largest absolute Gasteiger partial charge is 0.391 e. The van der Waals surface area contributed by atoms with Crippen LogP contribution in [-0.2, 0) is 0 Å². The number of aromatic amines is 1. The Morgan fingerprint density at radius 2 is 2.23 bits per heavy atom. The third kappa shape index (κ3) is 2.11. The minimum Gasteiger partial charge on any atom is -0.391 e. The number of hydrogen-bond acceptors (Lipinski definition) is 5. The van der Waals surface area contributed by atoms with Gasteiger partial charge in [-0.2, -0.15) is 4.98 Å². The first kappa shape index (κ1) is 9.37. The van der Waals surface area contributed by atoms with Crippen LogP contribution in [0, 0.1) is 0 Å². The van der Waals surface area contributed by atoms with Gasteiger partial charge in [0.2, 0.25) is 5.95 Å². The molecule has 0 spiro atoms. The molecule has 0 unspecified atom stereocenters. The molecule has 6 N–H and O–H groups in total. The van der Waals surface area contributed by atoms with Crippen LogP contribution >= 0.6 is 0 Å². The van der Waals surface area contributed by atoms with Crippen LogP contribution in [0.3, 0.4) is 0 Å². The molecule has 0 fully saturated rings. The van der Waals surface area contributed by atoms with E-state index >= 15 is 0 Å². The Morgan fingerprint density at radius 3 is 2.77 bits per heavy atom. The lowest BCUT2D eigenvalue weighted by molar-refractivity contribution is 0.949. The number of nitrogen functional groups attached to an aromatic ring is 2. The van der Waals surface area contributed by atoms with Crippen molar-refractivity contribution in [2.24, 2.45) is 0 Å². The van der Waals surface area contributed by atoms with Crippen LogP contribution < -0.4 is 22.3 Å². The minimum absolute atomic E-state index is 0.0398. The van der Waals surface area contributed by atoms with E-state index in [-0.39, 0.29) is 11.5 Å². The summed E-state index contributed by atoms with van der Waals surface area (Å²) < 4.78 is 0. The molecule has 13 heavy (non-hydrogen) atoms. The van der Waals surface area contributed by atoms with Gasteiger partial charge in [-0.05, 0) is 6.42 Å². The number of anilines is 3. The summed E-state index contributed by atoms with van der Waals surface area (Å²) in [6, 6.07) is 0. The van der Waals surface area contributed by atoms with Crippen molar-refractivity contribution in [2.45, 2.75) is 13.3 Å². The van der Waals surface area contributed by atoms with E-state index in [1.807, 2.05) is 6.92 Å². The molecule has 0 saturated carbocycles. The van der Waals surface area contributed by atoms with E-state index in [9.17, 15) is 4.79 Å². The fraction of sp³-hybridized carbons (Fsp3) is 0.429. The topological polar surface area (TPSA) is 110 Å². The lowest BCUT2D eigenvalue weighted by Gasteiger charge is -2.04. The highest BCUT2D eigenvalue weighted by Gasteiger charge is 2.03. The molecule has 0 bridgehead atoms. The quantitative estimate of drug-likeness (QED) is 0.516. The van der Waals surface area contributed by atoms with Crippen molar-refractivity contribution >= 4 is 17.5 Å². The maximum Gasteiger partial charge on any atom is 0.277 e. The number of rotatable bonds is 3. The first-order valence-corrected chi connectivity index (χ1v) is 4.04. The van der Waals surface area contributed by atoms with Crippen molar-refractivity contribution in [1.29, 1.82) is 0 Å². The summed E-state index contributed by atoms with van der Waals surface area (Å²) in [6.07, 6.45) is 0.938. The van der Waals surface area contributed by atoms with Crippen LogP contribution in [0.25, 0.3) is 0 Å². The summed E-state index contributed by atoms with van der Waals surface area (Å²) >= 11 is 0. The highest BCUT2D eigenvalue weighted by molar-refractivity contribution is 5.58. The fourth-order valence-electron chi connectivity index (χ4n) is 0.827. The van der Waals surface area contributed by atoms with E-state index in [1.54, 1.807) is 0 Å². The Balaban J connectivity index is 2.93. The van der Waals surface area contributed by atoms with E-state index in [0.717, 1.165) is 13.0 Å². The van der Waals surface area contributed by atoms with Gasteiger partial charge in [0.25, 0.3) is 5.56 Å². The summed E-state index contributed by atoms with van der Waals surface area (Å²) in [5.74, 6) is 0.418. The molecular formula is C7H13N5O. The van der Waals surface area contributed by atoms with Gasteiger partial charge in [0.05, 0.1) is 0 Å². The molecule has 1 heterocycles. The van der Waals surface area contributed by atoms with Crippen LogP contribution in [0.2, 0.25) is 0 Å². The predicted octanol–water partition coefficient (Wildman–Crippen LogP) is -0.244. The Bertz CT molecular complexity index is 345. The molecule has 0 saturated heterocycles. The lowest BCUT2D eigenvalue weighted by atomic mass is 10.5. The first-order valence-electron chi connectivity index (χ1n) is 4.04. The van der Waals surface area contributed by atoms with Gasteiger partial charge >= 0.3 is 0 Å². The molecule has 0 aliphatic heterocycles. The summed E-state index contributed by atoms with van der Waals surface area (Å²) in [5, 5.41) is 2.90. The number of nitrogens with one attached hydrogen (secondary N) is 2. The fourth-order valence-corrected chi connectivity index (χ4v) is 0.827. The Kier molecular flexibility index (Phi) is 2.73. The molecule has 0 aromatic carbocycles. The van der Waals surface area contributed by atoms with E-state index in [2.05, 4.69) is 15.3 Å². The second kappa shape index (κ2) is 3.79. The van der Waals surface area contributed by atoms with Crippen LogP contribution in [0.15, 0.2) is 4.79 Å². The van der Waals surface area contributed by atoms with Crippen molar-refractivity contribution in [2.75, 3.05) is 23.3 Å². The van der Waals surface area contributed by atoms with Crippen molar-refractivity contribution < 1.29 is 0 Å². The zero-order valence-corrected chi connectivity index (χ0v) is 7.42. The summed E-state index contributed by atoms with van der Waals surface area (Å²) in [5.41, 5.74) is 10.3. The van der Waals surface area contributed by atoms with E-state index < -0.39 is 5.56 Å². The molecule has 1 aromatic rings. The lowest BCUT2D eigenvalue weighted by Crippen LogP contribution is -2.19. The van der Waals surface area contributed by atoms with Crippen molar-refractivity contribution in [3.05, 3.63) is 10.4 Å². The highest BCUT2D eigenvalue weighted by Crippen LogP contribution is 2.05. The second-order valence-corrected chi connectivity index (χ2v) is 2.64. The maximum absolute atomic E-state index is 11.1. The number of nitrogens with zero attached hydrogens (tertiary/aromatic N) is 1. The average Bonchev–Trinajstić information content (AvgIpc) is 2.10. The van der Waals surface area contributed by atoms with Crippen LogP contribution in [0.1, 0.15) is 13.3 Å². The third-order valence-corrected chi connectivity index (χ3v) is 1.53. The van der Waals surface area contributed by atoms with Crippen molar-refractivity contribution in [1.82, 2.24) is 9.97 Å². The standard InChI is InChI=1S/C7H13N5O/c1-2-3-10-7-11-5(9)4(8)6(13)12-7/h2-3,8H2,1H3,(H4,9,10,11,12,13). The Morgan fingerprint density at radius 1 is 1.54 bits per heavy atom. The van der Waals surface area contributed by atoms with Crippen LogP contribution in [0.4, 0.5) is 17.5 Å². The van der Waals surface area contributed by atoms with Gasteiger partial charge in [-0.1, -0.05) is 6.92 Å². The molecule has 6 nitrogen and oxygen atoms in total. The normalized spacial score (nSPS) is 9.92. The molecule has 72 valence electrons. The smallest absolute Gasteiger partial charge is 0.277 e. The summed E-state index contributed by atoms with van der Waals surface area (Å²) in [4.78, 5) is 17.4. The molecule has 0 atom stereocenters. The van der Waals surface area contributed by atoms with Gasteiger partial charge in [-0.15, -0.1) is 0 Å². The van der Waals surface area contributed by atoms with Crippen LogP contribution in [-0.4, -0.2) is 16.5 Å². The van der Waals surface area contributed by atoms with Gasteiger partial charge in [0.15, 0.2) is 5.82 Å². The van der Waals surface area contributed by atoms with E-state index in [1.165, 1.54) is 0 Å². The first-order chi connectivity index (χ1) is 6.15. The number of H-pyrrole nitrogens is 1. The molecule has 0 amide bonds. The van der Waals surface area contributed by atoms with E-state index in [0.29, 0.717) is 5.95 Å². The molecule has 0 aliphatic carbocycles. The summed E-state index contributed by atoms with van der Waals surface area (Å²) in [7, 11) is 0. The molecule has 0 radical (unpaired) electrons. The monoisotopic (exact) mass is 183 g/mol. The SMILES string of the molecule is CCCNc1nc(N)c(N)c(=O)[nH]1. The maximum atomic E-state index is 11.1. The average molecular weight is 183 g/mol. The molecule has 1 aromatic heterocycles. The summed E-state index contributed by atoms with van der Waals surface area (Å²) in [6.45, 7) is 2.73. The Labute approximate surface area is 75.4 Å². The number of aromatic nitrogens is 2. The van der Waals surface area contributed by atoms with Crippen LogP contribution in [0.5, 0.6) is 0 Å². The third-order valence-electron chi connectivity index (χ3n) is 1.53. The highest BCUT2D eigenvalue weighted by atomic mass is 16.1. The van der Waals surface area contributed by atoms with Gasteiger partial charge in [0.1, 0.15) is 5.69 Å². The zero-order valence-electron chi connectivity index (χ0n) is 7.42. The van der Waals surface area contributed by atoms with Crippen molar-refractivity contribution in [3.8, 4) is 0 Å². The van der Waals surface area contributed by atoms with E-state index in [4.69, 9.17) is 11.5 Å². The van der Waals surface area contributed by atoms with Crippen molar-refractivity contribution in [3.63, 3.8) is 0 Å². The van der Waals surface area contributed by atoms with Gasteiger partial charge in [-0.3, -0.25) is 9.78 Å². The Hall–Kier alpha value is -1.72. The predicted molar refractivity (Wildman–Crippen MR) is 52.5 cm³/mol. The minimum atomic E-state index is -0.411. The van der Waals surface area contributed by atoms with Gasteiger partial charge in [0, 0.05) is 6.54 Å². The van der Waals surface area contributed by atoms with Gasteiger partial charge in [-0.25, -0.2) is 0 Å². The molecule has 0 aliphatic rings. The molecular weight excluding hydrogens is 170 g/mol. The van der Waals surface area contributed by atoms with Gasteiger partial charge < -0.3 is 16.8 Å². The molecule has 1 rings (SSSR count). The number of hydrogen-bond donors (Lipinski definition) is 4. The molecule has 6 heteroatoms.